The van der Waals surface area contributed by atoms with E-state index < -0.39 is 23.1 Å². The normalized spacial score (nSPS) is 15.3. The number of hydrogen-bond donors (Lipinski definition) is 2. The van der Waals surface area contributed by atoms with E-state index in [2.05, 4.69) is 23.3 Å². The highest BCUT2D eigenvalue weighted by Gasteiger charge is 2.24. The summed E-state index contributed by atoms with van der Waals surface area (Å²) in [7, 11) is -1.46. The standard InChI is InChI=1S/C22H25ClF2N2OS/c1-2-22(24,25)11-14-29(28)18-6-3-16(4-7-18)15-27-21-19-10-13-26-12-9-17(19)5-8-20(21)23/h2-8,26-27H,1,9-15H2. The predicted molar refractivity (Wildman–Crippen MR) is 117 cm³/mol. The molecule has 7 heteroatoms. The van der Waals surface area contributed by atoms with Gasteiger partial charge in [0.05, 0.1) is 21.5 Å². The molecule has 0 saturated carbocycles. The Balaban J connectivity index is 1.64. The fraction of sp³-hybridized carbons (Fsp3) is 0.364. The summed E-state index contributed by atoms with van der Waals surface area (Å²) in [6.07, 6.45) is 2.03. The smallest absolute Gasteiger partial charge is 0.267 e. The van der Waals surface area contributed by atoms with Gasteiger partial charge in [0.2, 0.25) is 0 Å². The van der Waals surface area contributed by atoms with Crippen LogP contribution in [0.5, 0.6) is 0 Å². The number of benzene rings is 2. The second-order valence-corrected chi connectivity index (χ2v) is 9.05. The summed E-state index contributed by atoms with van der Waals surface area (Å²) in [5.74, 6) is -3.08. The zero-order chi connectivity index (χ0) is 20.9. The lowest BCUT2D eigenvalue weighted by Gasteiger charge is -2.16. The first kappa shape index (κ1) is 21.9. The molecule has 0 saturated heterocycles. The summed E-state index contributed by atoms with van der Waals surface area (Å²) >= 11 is 6.44. The average Bonchev–Trinajstić information content (AvgIpc) is 2.97. The van der Waals surface area contributed by atoms with Crippen LogP contribution in [0.1, 0.15) is 23.1 Å². The predicted octanol–water partition coefficient (Wildman–Crippen LogP) is 4.96. The van der Waals surface area contributed by atoms with Gasteiger partial charge >= 0.3 is 0 Å². The van der Waals surface area contributed by atoms with Crippen LogP contribution >= 0.6 is 11.6 Å². The molecule has 1 unspecified atom stereocenters. The number of halogens is 3. The van der Waals surface area contributed by atoms with Crippen LogP contribution in [-0.4, -0.2) is 29.0 Å². The number of alkyl halides is 2. The van der Waals surface area contributed by atoms with E-state index in [1.165, 1.54) is 11.1 Å². The summed E-state index contributed by atoms with van der Waals surface area (Å²) in [6.45, 7) is 5.57. The molecule has 2 aromatic carbocycles. The Hall–Kier alpha value is -1.76. The van der Waals surface area contributed by atoms with Crippen LogP contribution in [0.2, 0.25) is 5.02 Å². The van der Waals surface area contributed by atoms with Gasteiger partial charge in [0.1, 0.15) is 0 Å². The Morgan fingerprint density at radius 3 is 2.62 bits per heavy atom. The lowest BCUT2D eigenvalue weighted by atomic mass is 10.0. The van der Waals surface area contributed by atoms with Crippen LogP contribution in [0, 0.1) is 0 Å². The Bertz CT molecular complexity index is 887. The number of nitrogens with one attached hydrogen (secondary N) is 2. The van der Waals surface area contributed by atoms with Crippen LogP contribution in [0.4, 0.5) is 14.5 Å². The van der Waals surface area contributed by atoms with Gasteiger partial charge in [-0.1, -0.05) is 36.4 Å². The molecule has 0 amide bonds. The molecule has 3 rings (SSSR count). The van der Waals surface area contributed by atoms with Gasteiger partial charge in [-0.2, -0.15) is 0 Å². The molecule has 1 aliphatic heterocycles. The Kier molecular flexibility index (Phi) is 7.44. The third-order valence-corrected chi connectivity index (χ3v) is 6.74. The molecule has 1 atom stereocenters. The fourth-order valence-corrected chi connectivity index (χ4v) is 4.71. The van der Waals surface area contributed by atoms with Crippen LogP contribution in [-0.2, 0) is 30.2 Å². The van der Waals surface area contributed by atoms with Crippen LogP contribution in [0.15, 0.2) is 53.9 Å². The van der Waals surface area contributed by atoms with E-state index in [0.717, 1.165) is 37.2 Å². The number of rotatable bonds is 8. The molecule has 2 aromatic rings. The SMILES string of the molecule is C=CC(F)(F)CCS(=O)c1ccc(CNc2c(Cl)ccc3c2CCNCC3)cc1. The molecule has 156 valence electrons. The Morgan fingerprint density at radius 1 is 1.17 bits per heavy atom. The molecule has 0 radical (unpaired) electrons. The zero-order valence-electron chi connectivity index (χ0n) is 16.1. The quantitative estimate of drug-likeness (QED) is 0.572. The highest BCUT2D eigenvalue weighted by molar-refractivity contribution is 7.85. The topological polar surface area (TPSA) is 41.1 Å². The van der Waals surface area contributed by atoms with Gasteiger partial charge in [0, 0.05) is 23.6 Å². The molecule has 0 bridgehead atoms. The molecule has 29 heavy (non-hydrogen) atoms. The van der Waals surface area contributed by atoms with Gasteiger partial charge in [-0.05, 0) is 66.9 Å². The lowest BCUT2D eigenvalue weighted by Crippen LogP contribution is -2.16. The lowest BCUT2D eigenvalue weighted by molar-refractivity contribution is 0.0526. The van der Waals surface area contributed by atoms with Crippen molar-refractivity contribution >= 4 is 28.1 Å². The van der Waals surface area contributed by atoms with E-state index >= 15 is 0 Å². The van der Waals surface area contributed by atoms with Gasteiger partial charge < -0.3 is 10.6 Å². The van der Waals surface area contributed by atoms with Gasteiger partial charge in [-0.15, -0.1) is 0 Å². The van der Waals surface area contributed by atoms with Crippen molar-refractivity contribution < 1.29 is 13.0 Å². The zero-order valence-corrected chi connectivity index (χ0v) is 17.7. The fourth-order valence-electron chi connectivity index (χ4n) is 3.33. The molecule has 0 aromatic heterocycles. The minimum Gasteiger partial charge on any atom is -0.380 e. The van der Waals surface area contributed by atoms with Crippen molar-refractivity contribution in [2.24, 2.45) is 0 Å². The monoisotopic (exact) mass is 438 g/mol. The highest BCUT2D eigenvalue weighted by Crippen LogP contribution is 2.31. The second-order valence-electron chi connectivity index (χ2n) is 7.07. The highest BCUT2D eigenvalue weighted by atomic mass is 35.5. The molecule has 0 spiro atoms. The van der Waals surface area contributed by atoms with E-state index in [9.17, 15) is 13.0 Å². The van der Waals surface area contributed by atoms with Crippen molar-refractivity contribution in [3.8, 4) is 0 Å². The van der Waals surface area contributed by atoms with Crippen LogP contribution < -0.4 is 10.6 Å². The molecule has 1 aliphatic rings. The maximum Gasteiger partial charge on any atom is 0.267 e. The minimum absolute atomic E-state index is 0.101. The average molecular weight is 439 g/mol. The van der Waals surface area contributed by atoms with Gasteiger partial charge in [-0.3, -0.25) is 4.21 Å². The summed E-state index contributed by atoms with van der Waals surface area (Å²) in [5, 5.41) is 7.54. The maximum absolute atomic E-state index is 13.3. The van der Waals surface area contributed by atoms with Crippen molar-refractivity contribution in [2.75, 3.05) is 24.2 Å². The van der Waals surface area contributed by atoms with Crippen molar-refractivity contribution in [2.45, 2.75) is 36.6 Å². The van der Waals surface area contributed by atoms with E-state index in [4.69, 9.17) is 11.6 Å². The molecule has 0 fully saturated rings. The minimum atomic E-state index is -2.98. The van der Waals surface area contributed by atoms with E-state index in [1.54, 1.807) is 12.1 Å². The first-order chi connectivity index (χ1) is 13.9. The summed E-state index contributed by atoms with van der Waals surface area (Å²) in [6, 6.07) is 11.2. The first-order valence-electron chi connectivity index (χ1n) is 9.63. The molecular formula is C22H25ClF2N2OS. The van der Waals surface area contributed by atoms with E-state index in [1.807, 2.05) is 18.2 Å². The van der Waals surface area contributed by atoms with Crippen LogP contribution in [0.25, 0.3) is 0 Å². The molecule has 1 heterocycles. The summed E-state index contributed by atoms with van der Waals surface area (Å²) in [4.78, 5) is 0.547. The molecule has 3 nitrogen and oxygen atoms in total. The summed E-state index contributed by atoms with van der Waals surface area (Å²) < 4.78 is 38.8. The number of anilines is 1. The van der Waals surface area contributed by atoms with E-state index in [-0.39, 0.29) is 5.75 Å². The number of fused-ring (bicyclic) bond motifs is 1. The number of allylic oxidation sites excluding steroid dienone is 1. The Labute approximate surface area is 178 Å². The molecule has 0 aliphatic carbocycles. The Morgan fingerprint density at radius 2 is 1.90 bits per heavy atom. The largest absolute Gasteiger partial charge is 0.380 e. The summed E-state index contributed by atoms with van der Waals surface area (Å²) in [5.41, 5.74) is 4.53. The van der Waals surface area contributed by atoms with Crippen molar-refractivity contribution in [3.05, 3.63) is 70.8 Å². The molecular weight excluding hydrogens is 414 g/mol. The second kappa shape index (κ2) is 9.83. The van der Waals surface area contributed by atoms with Crippen molar-refractivity contribution in [1.29, 1.82) is 0 Å². The maximum atomic E-state index is 13.3. The van der Waals surface area contributed by atoms with Gasteiger partial charge in [0.25, 0.3) is 5.92 Å². The number of hydrogen-bond acceptors (Lipinski definition) is 3. The third-order valence-electron chi connectivity index (χ3n) is 5.06. The molecule has 2 N–H and O–H groups in total. The first-order valence-corrected chi connectivity index (χ1v) is 11.3. The van der Waals surface area contributed by atoms with Crippen molar-refractivity contribution in [3.63, 3.8) is 0 Å². The van der Waals surface area contributed by atoms with Gasteiger partial charge in [0.15, 0.2) is 0 Å². The van der Waals surface area contributed by atoms with Crippen LogP contribution in [0.3, 0.4) is 0 Å². The van der Waals surface area contributed by atoms with Crippen molar-refractivity contribution in [1.82, 2.24) is 5.32 Å². The van der Waals surface area contributed by atoms with Gasteiger partial charge in [-0.25, -0.2) is 8.78 Å². The van der Waals surface area contributed by atoms with E-state index in [0.29, 0.717) is 22.5 Å². The third kappa shape index (κ3) is 5.87.